The molecule has 122 valence electrons. The SMILES string of the molecule is C=C[Si](C)(O[SiH](c1ccccc1)[Si](C)(C)O[SiH3])c1ccccc1. The van der Waals surface area contributed by atoms with Crippen molar-refractivity contribution in [2.75, 3.05) is 0 Å². The molecule has 0 amide bonds. The van der Waals surface area contributed by atoms with Gasteiger partial charge in [-0.3, -0.25) is 0 Å². The lowest BCUT2D eigenvalue weighted by Crippen LogP contribution is -2.64. The van der Waals surface area contributed by atoms with Crippen LogP contribution in [0.4, 0.5) is 0 Å². The first-order chi connectivity index (χ1) is 10.9. The lowest BCUT2D eigenvalue weighted by molar-refractivity contribution is 0.578. The zero-order chi connectivity index (χ0) is 16.9. The molecule has 2 aromatic rings. The van der Waals surface area contributed by atoms with Crippen molar-refractivity contribution in [3.63, 3.8) is 0 Å². The van der Waals surface area contributed by atoms with Crippen LogP contribution in [0.15, 0.2) is 72.9 Å². The van der Waals surface area contributed by atoms with Crippen LogP contribution in [0, 0.1) is 0 Å². The van der Waals surface area contributed by atoms with E-state index in [9.17, 15) is 0 Å². The maximum absolute atomic E-state index is 6.93. The fourth-order valence-corrected chi connectivity index (χ4v) is 20.2. The molecule has 2 rings (SSSR count). The van der Waals surface area contributed by atoms with Crippen LogP contribution in [0.25, 0.3) is 0 Å². The van der Waals surface area contributed by atoms with Crippen molar-refractivity contribution in [2.24, 2.45) is 0 Å². The fraction of sp³-hybridized carbons (Fsp3) is 0.176. The molecule has 2 unspecified atom stereocenters. The summed E-state index contributed by atoms with van der Waals surface area (Å²) in [6.07, 6.45) is 0. The van der Waals surface area contributed by atoms with Crippen molar-refractivity contribution in [1.29, 1.82) is 0 Å². The van der Waals surface area contributed by atoms with E-state index in [0.29, 0.717) is 0 Å². The Labute approximate surface area is 146 Å². The molecule has 0 aliphatic carbocycles. The molecule has 0 spiro atoms. The minimum absolute atomic E-state index is 0.765. The summed E-state index contributed by atoms with van der Waals surface area (Å²) >= 11 is 0. The normalized spacial score (nSPS) is 15.8. The van der Waals surface area contributed by atoms with Crippen LogP contribution >= 0.6 is 0 Å². The summed E-state index contributed by atoms with van der Waals surface area (Å²) in [4.78, 5) is 0. The highest BCUT2D eigenvalue weighted by molar-refractivity contribution is 7.33. The molecule has 0 heterocycles. The zero-order valence-electron chi connectivity index (χ0n) is 14.5. The third kappa shape index (κ3) is 4.28. The van der Waals surface area contributed by atoms with Gasteiger partial charge in [0.05, 0.1) is 0 Å². The van der Waals surface area contributed by atoms with Crippen LogP contribution in [0.1, 0.15) is 0 Å². The van der Waals surface area contributed by atoms with E-state index in [-0.39, 0.29) is 0 Å². The summed E-state index contributed by atoms with van der Waals surface area (Å²) in [6, 6.07) is 21.2. The Kier molecular flexibility index (Phi) is 6.12. The summed E-state index contributed by atoms with van der Waals surface area (Å²) in [7, 11) is -4.92. The number of benzene rings is 2. The monoisotopic (exact) mass is 374 g/mol. The second kappa shape index (κ2) is 7.69. The molecule has 2 aromatic carbocycles. The van der Waals surface area contributed by atoms with E-state index in [1.807, 2.05) is 6.07 Å². The molecule has 0 bridgehead atoms. The Balaban J connectivity index is 2.42. The molecule has 0 saturated heterocycles. The average molecular weight is 375 g/mol. The van der Waals surface area contributed by atoms with Gasteiger partial charge in [-0.25, -0.2) is 0 Å². The van der Waals surface area contributed by atoms with Crippen LogP contribution in [0.5, 0.6) is 0 Å². The number of hydrogen-bond acceptors (Lipinski definition) is 2. The summed E-state index contributed by atoms with van der Waals surface area (Å²) in [5.41, 5.74) is 2.06. The summed E-state index contributed by atoms with van der Waals surface area (Å²) in [5, 5.41) is 2.62. The van der Waals surface area contributed by atoms with E-state index in [1.54, 1.807) is 0 Å². The van der Waals surface area contributed by atoms with Gasteiger partial charge in [0.25, 0.3) is 0 Å². The van der Waals surface area contributed by atoms with E-state index < -0.39 is 24.7 Å². The van der Waals surface area contributed by atoms with Crippen molar-refractivity contribution in [3.8, 4) is 0 Å². The second-order valence-corrected chi connectivity index (χ2v) is 22.5. The standard InChI is InChI=1S/C17H26O2Si4/c1-5-23(4,17-14-10-7-11-15-17)19-21(22(2,3)18-20)16-12-8-6-9-13-16/h5-15,21H,1H2,2-4,20H3. The number of rotatable bonds is 7. The Bertz CT molecular complexity index is 634. The minimum atomic E-state index is -2.18. The highest BCUT2D eigenvalue weighted by Crippen LogP contribution is 2.16. The van der Waals surface area contributed by atoms with Gasteiger partial charge in [-0.15, -0.1) is 6.58 Å². The molecule has 2 atom stereocenters. The van der Waals surface area contributed by atoms with Gasteiger partial charge in [0.1, 0.15) is 10.5 Å². The van der Waals surface area contributed by atoms with Gasteiger partial charge in [-0.05, 0) is 30.0 Å². The van der Waals surface area contributed by atoms with Gasteiger partial charge < -0.3 is 8.23 Å². The van der Waals surface area contributed by atoms with Gasteiger partial charge in [-0.2, -0.15) is 0 Å². The second-order valence-electron chi connectivity index (χ2n) is 6.39. The van der Waals surface area contributed by atoms with E-state index >= 15 is 0 Å². The average Bonchev–Trinajstić information content (AvgIpc) is 2.61. The maximum atomic E-state index is 6.93. The van der Waals surface area contributed by atoms with E-state index in [0.717, 1.165) is 10.5 Å². The van der Waals surface area contributed by atoms with E-state index in [2.05, 4.69) is 86.5 Å². The predicted molar refractivity (Wildman–Crippen MR) is 111 cm³/mol. The van der Waals surface area contributed by atoms with E-state index in [1.165, 1.54) is 10.4 Å². The molecule has 0 radical (unpaired) electrons. The quantitative estimate of drug-likeness (QED) is 0.683. The largest absolute Gasteiger partial charge is 0.464 e. The summed E-state index contributed by atoms with van der Waals surface area (Å²) < 4.78 is 13.0. The van der Waals surface area contributed by atoms with Crippen LogP contribution in [-0.4, -0.2) is 35.2 Å². The van der Waals surface area contributed by atoms with Gasteiger partial charge in [0, 0.05) is 0 Å². The van der Waals surface area contributed by atoms with Crippen molar-refractivity contribution < 1.29 is 8.23 Å². The molecule has 0 aromatic heterocycles. The Morgan fingerprint density at radius 1 is 0.957 bits per heavy atom. The summed E-state index contributed by atoms with van der Waals surface area (Å²) in [5.74, 6) is 0. The van der Waals surface area contributed by atoms with Gasteiger partial charge >= 0.3 is 0 Å². The maximum Gasteiger partial charge on any atom is 0.233 e. The molecular weight excluding hydrogens is 349 g/mol. The molecule has 0 saturated carbocycles. The van der Waals surface area contributed by atoms with Crippen molar-refractivity contribution in [3.05, 3.63) is 72.9 Å². The third-order valence-corrected chi connectivity index (χ3v) is 24.0. The van der Waals surface area contributed by atoms with Crippen LogP contribution in [0.2, 0.25) is 19.6 Å². The lowest BCUT2D eigenvalue weighted by atomic mass is 10.4. The van der Waals surface area contributed by atoms with E-state index in [4.69, 9.17) is 8.23 Å². The molecule has 0 aliphatic heterocycles. The van der Waals surface area contributed by atoms with Gasteiger partial charge in [0.2, 0.25) is 16.9 Å². The lowest BCUT2D eigenvalue weighted by Gasteiger charge is -2.37. The van der Waals surface area contributed by atoms with Crippen molar-refractivity contribution >= 4 is 45.6 Å². The first kappa shape index (κ1) is 18.3. The Morgan fingerprint density at radius 3 is 1.96 bits per heavy atom. The van der Waals surface area contributed by atoms with Crippen molar-refractivity contribution in [2.45, 2.75) is 19.6 Å². The molecule has 6 heteroatoms. The fourth-order valence-electron chi connectivity index (χ4n) is 2.59. The van der Waals surface area contributed by atoms with Crippen LogP contribution in [0.3, 0.4) is 0 Å². The zero-order valence-corrected chi connectivity index (χ0v) is 19.6. The summed E-state index contributed by atoms with van der Waals surface area (Å²) in [6.45, 7) is 10.9. The molecule has 23 heavy (non-hydrogen) atoms. The molecule has 0 fully saturated rings. The van der Waals surface area contributed by atoms with Gasteiger partial charge in [0.15, 0.2) is 7.83 Å². The Hall–Kier alpha value is -1.03. The molecule has 2 nitrogen and oxygen atoms in total. The first-order valence-electron chi connectivity index (χ1n) is 7.90. The van der Waals surface area contributed by atoms with Crippen LogP contribution < -0.4 is 10.4 Å². The minimum Gasteiger partial charge on any atom is -0.464 e. The molecular formula is C17H26O2Si4. The third-order valence-electron chi connectivity index (χ3n) is 4.36. The highest BCUT2D eigenvalue weighted by Gasteiger charge is 2.42. The first-order valence-corrected chi connectivity index (χ1v) is 17.0. The van der Waals surface area contributed by atoms with Crippen LogP contribution in [-0.2, 0) is 8.23 Å². The smallest absolute Gasteiger partial charge is 0.233 e. The molecule has 0 N–H and O–H groups in total. The predicted octanol–water partition coefficient (Wildman–Crippen LogP) is 1.42. The number of hydrogen-bond donors (Lipinski definition) is 0. The van der Waals surface area contributed by atoms with Gasteiger partial charge in [-0.1, -0.05) is 66.4 Å². The molecule has 0 aliphatic rings. The Morgan fingerprint density at radius 2 is 1.48 bits per heavy atom. The topological polar surface area (TPSA) is 18.5 Å². The highest BCUT2D eigenvalue weighted by atomic mass is 29.3. The van der Waals surface area contributed by atoms with Crippen molar-refractivity contribution in [1.82, 2.24) is 0 Å².